The van der Waals surface area contributed by atoms with E-state index in [0.717, 1.165) is 19.6 Å². The molecule has 1 saturated heterocycles. The number of ether oxygens (including phenoxy) is 1. The van der Waals surface area contributed by atoms with E-state index in [1.165, 1.54) is 10.8 Å². The molecule has 1 N–H and O–H groups in total. The third kappa shape index (κ3) is 6.76. The highest BCUT2D eigenvalue weighted by Crippen LogP contribution is 2.30. The summed E-state index contributed by atoms with van der Waals surface area (Å²) in [5.41, 5.74) is 0.457. The van der Waals surface area contributed by atoms with Crippen LogP contribution >= 0.6 is 12.4 Å². The number of piperazine rings is 1. The molecule has 0 spiro atoms. The third-order valence-electron chi connectivity index (χ3n) is 5.07. The van der Waals surface area contributed by atoms with E-state index in [1.807, 2.05) is 4.90 Å². The van der Waals surface area contributed by atoms with Gasteiger partial charge in [0.05, 0.1) is 5.69 Å². The van der Waals surface area contributed by atoms with Crippen molar-refractivity contribution in [3.63, 3.8) is 0 Å². The second kappa shape index (κ2) is 10.7. The first-order valence-electron chi connectivity index (χ1n) is 9.79. The lowest BCUT2D eigenvalue weighted by atomic mass is 10.2. The van der Waals surface area contributed by atoms with Crippen molar-refractivity contribution in [3.05, 3.63) is 56.9 Å². The van der Waals surface area contributed by atoms with Crippen molar-refractivity contribution in [3.8, 4) is 5.75 Å². The van der Waals surface area contributed by atoms with E-state index < -0.39 is 18.5 Å². The molecule has 2 aromatic rings. The van der Waals surface area contributed by atoms with Gasteiger partial charge in [-0.15, -0.1) is 12.4 Å². The van der Waals surface area contributed by atoms with Gasteiger partial charge < -0.3 is 14.6 Å². The molecule has 172 valence electrons. The number of nitrogens with one attached hydrogen (secondary N) is 1. The van der Waals surface area contributed by atoms with Crippen molar-refractivity contribution in [1.82, 2.24) is 14.5 Å². The monoisotopic (exact) mass is 462 g/mol. The molecule has 0 saturated carbocycles. The number of benzene rings is 1. The fourth-order valence-corrected chi connectivity index (χ4v) is 3.48. The number of hydrogen-bond donors (Lipinski definition) is 1. The van der Waals surface area contributed by atoms with E-state index in [0.29, 0.717) is 37.3 Å². The molecule has 1 aliphatic heterocycles. The zero-order valence-electron chi connectivity index (χ0n) is 17.2. The first kappa shape index (κ1) is 24.8. The number of alkyl halides is 3. The number of aromatic amines is 1. The Morgan fingerprint density at radius 3 is 2.42 bits per heavy atom. The van der Waals surface area contributed by atoms with E-state index in [9.17, 15) is 22.8 Å². The second-order valence-corrected chi connectivity index (χ2v) is 7.29. The van der Waals surface area contributed by atoms with Gasteiger partial charge in [0.2, 0.25) is 0 Å². The molecule has 11 heteroatoms. The lowest BCUT2D eigenvalue weighted by Gasteiger charge is -2.36. The fourth-order valence-electron chi connectivity index (χ4n) is 3.48. The van der Waals surface area contributed by atoms with Crippen LogP contribution in [0.2, 0.25) is 0 Å². The number of hydrogen-bond acceptors (Lipinski definition) is 5. The van der Waals surface area contributed by atoms with E-state index in [1.54, 1.807) is 31.2 Å². The normalized spacial score (nSPS) is 14.9. The van der Waals surface area contributed by atoms with Crippen LogP contribution in [-0.4, -0.2) is 60.0 Å². The van der Waals surface area contributed by atoms with Gasteiger partial charge in [-0.25, -0.2) is 4.79 Å². The average Bonchev–Trinajstić information content (AvgIpc) is 2.72. The zero-order valence-corrected chi connectivity index (χ0v) is 18.0. The summed E-state index contributed by atoms with van der Waals surface area (Å²) in [6.07, 6.45) is -2.32. The lowest BCUT2D eigenvalue weighted by Crippen LogP contribution is -2.47. The van der Waals surface area contributed by atoms with Crippen LogP contribution in [0, 0.1) is 6.92 Å². The molecule has 0 bridgehead atoms. The molecule has 0 amide bonds. The van der Waals surface area contributed by atoms with Crippen LogP contribution in [0.5, 0.6) is 5.75 Å². The smallest absolute Gasteiger partial charge is 0.422 e. The molecular formula is C20H26ClF3N4O3. The summed E-state index contributed by atoms with van der Waals surface area (Å²) in [7, 11) is 0. The Balaban J connectivity index is 0.00000341. The highest BCUT2D eigenvalue weighted by atomic mass is 35.5. The number of aryl methyl sites for hydroxylation is 1. The molecular weight excluding hydrogens is 437 g/mol. The standard InChI is InChI=1S/C20H25F3N4O3.ClH/c1-15-13-24-19(29)27(18(15)28)8-4-7-25-9-11-26(12-10-25)16-5-2-3-6-17(16)30-14-20(21,22)23;/h2-3,5-6,13H,4,7-12,14H2,1H3,(H,24,29);1H. The number of halogens is 4. The van der Waals surface area contributed by atoms with Crippen molar-refractivity contribution in [2.75, 3.05) is 44.2 Å². The van der Waals surface area contributed by atoms with Crippen LogP contribution in [-0.2, 0) is 6.54 Å². The molecule has 1 aromatic carbocycles. The van der Waals surface area contributed by atoms with Crippen LogP contribution in [0.4, 0.5) is 18.9 Å². The highest BCUT2D eigenvalue weighted by molar-refractivity contribution is 5.85. The van der Waals surface area contributed by atoms with Crippen LogP contribution < -0.4 is 20.9 Å². The summed E-state index contributed by atoms with van der Waals surface area (Å²) < 4.78 is 43.7. The van der Waals surface area contributed by atoms with Crippen molar-refractivity contribution >= 4 is 18.1 Å². The quantitative estimate of drug-likeness (QED) is 0.684. The molecule has 1 fully saturated rings. The van der Waals surface area contributed by atoms with Gasteiger partial charge in [-0.1, -0.05) is 12.1 Å². The Morgan fingerprint density at radius 1 is 1.06 bits per heavy atom. The molecule has 0 unspecified atom stereocenters. The Morgan fingerprint density at radius 2 is 1.74 bits per heavy atom. The number of para-hydroxylation sites is 2. The zero-order chi connectivity index (χ0) is 21.7. The van der Waals surface area contributed by atoms with Gasteiger partial charge in [0.1, 0.15) is 5.75 Å². The lowest BCUT2D eigenvalue weighted by molar-refractivity contribution is -0.153. The van der Waals surface area contributed by atoms with Crippen LogP contribution in [0.1, 0.15) is 12.0 Å². The van der Waals surface area contributed by atoms with Crippen LogP contribution in [0.3, 0.4) is 0 Å². The van der Waals surface area contributed by atoms with Crippen molar-refractivity contribution in [1.29, 1.82) is 0 Å². The maximum absolute atomic E-state index is 12.5. The van der Waals surface area contributed by atoms with Crippen molar-refractivity contribution in [2.45, 2.75) is 26.1 Å². The maximum Gasteiger partial charge on any atom is 0.422 e. The van der Waals surface area contributed by atoms with Crippen LogP contribution in [0.25, 0.3) is 0 Å². The minimum absolute atomic E-state index is 0. The Labute approximate surface area is 183 Å². The summed E-state index contributed by atoms with van der Waals surface area (Å²) in [6.45, 7) is 4.16. The fraction of sp³-hybridized carbons (Fsp3) is 0.500. The molecule has 3 rings (SSSR count). The molecule has 0 atom stereocenters. The third-order valence-corrected chi connectivity index (χ3v) is 5.07. The predicted molar refractivity (Wildman–Crippen MR) is 115 cm³/mol. The van der Waals surface area contributed by atoms with E-state index in [-0.39, 0.29) is 23.7 Å². The minimum Gasteiger partial charge on any atom is -0.482 e. The van der Waals surface area contributed by atoms with Gasteiger partial charge in [0.25, 0.3) is 5.56 Å². The Bertz CT molecular complexity index is 969. The molecule has 0 radical (unpaired) electrons. The molecule has 31 heavy (non-hydrogen) atoms. The molecule has 1 aromatic heterocycles. The Kier molecular flexibility index (Phi) is 8.58. The SMILES string of the molecule is Cc1c[nH]c(=O)n(CCCN2CCN(c3ccccc3OCC(F)(F)F)CC2)c1=O.Cl. The average molecular weight is 463 g/mol. The highest BCUT2D eigenvalue weighted by Gasteiger charge is 2.29. The summed E-state index contributed by atoms with van der Waals surface area (Å²) >= 11 is 0. The topological polar surface area (TPSA) is 70.6 Å². The number of H-pyrrole nitrogens is 1. The van der Waals surface area contributed by atoms with Gasteiger partial charge in [-0.3, -0.25) is 14.3 Å². The molecule has 2 heterocycles. The summed E-state index contributed by atoms with van der Waals surface area (Å²) in [4.78, 5) is 30.7. The second-order valence-electron chi connectivity index (χ2n) is 7.29. The Hall–Kier alpha value is -2.46. The first-order chi connectivity index (χ1) is 14.2. The van der Waals surface area contributed by atoms with E-state index in [4.69, 9.17) is 4.74 Å². The minimum atomic E-state index is -4.38. The number of nitrogens with zero attached hydrogens (tertiary/aromatic N) is 3. The van der Waals surface area contributed by atoms with Gasteiger partial charge in [0.15, 0.2) is 6.61 Å². The summed E-state index contributed by atoms with van der Waals surface area (Å²) in [6, 6.07) is 6.74. The largest absolute Gasteiger partial charge is 0.482 e. The number of aromatic nitrogens is 2. The van der Waals surface area contributed by atoms with Crippen molar-refractivity contribution < 1.29 is 17.9 Å². The van der Waals surface area contributed by atoms with E-state index in [2.05, 4.69) is 9.88 Å². The predicted octanol–water partition coefficient (Wildman–Crippen LogP) is 2.42. The van der Waals surface area contributed by atoms with E-state index >= 15 is 0 Å². The number of anilines is 1. The maximum atomic E-state index is 12.5. The molecule has 1 aliphatic rings. The number of rotatable bonds is 7. The first-order valence-corrected chi connectivity index (χ1v) is 9.79. The molecule has 7 nitrogen and oxygen atoms in total. The van der Waals surface area contributed by atoms with Crippen molar-refractivity contribution in [2.24, 2.45) is 0 Å². The van der Waals surface area contributed by atoms with Gasteiger partial charge in [0, 0.05) is 44.5 Å². The van der Waals surface area contributed by atoms with Gasteiger partial charge in [-0.05, 0) is 32.0 Å². The van der Waals surface area contributed by atoms with Gasteiger partial charge in [-0.2, -0.15) is 13.2 Å². The summed E-state index contributed by atoms with van der Waals surface area (Å²) in [5, 5.41) is 0. The molecule has 0 aliphatic carbocycles. The van der Waals surface area contributed by atoms with Gasteiger partial charge >= 0.3 is 11.9 Å². The summed E-state index contributed by atoms with van der Waals surface area (Å²) in [5.74, 6) is 0.223. The van der Waals surface area contributed by atoms with Crippen LogP contribution in [0.15, 0.2) is 40.1 Å².